The van der Waals surface area contributed by atoms with Crippen LogP contribution in [0, 0.1) is 17.8 Å². The lowest BCUT2D eigenvalue weighted by atomic mass is 9.75. The highest BCUT2D eigenvalue weighted by Gasteiger charge is 2.34. The molecule has 2 fully saturated rings. The van der Waals surface area contributed by atoms with Crippen LogP contribution in [-0.4, -0.2) is 96.2 Å². The van der Waals surface area contributed by atoms with Gasteiger partial charge in [0.15, 0.2) is 0 Å². The molecule has 2 aromatic carbocycles. The summed E-state index contributed by atoms with van der Waals surface area (Å²) in [5.41, 5.74) is 1.22. The molecular formula is C31H43N3O4. The Morgan fingerprint density at radius 1 is 0.921 bits per heavy atom. The molecule has 4 unspecified atom stereocenters. The summed E-state index contributed by atoms with van der Waals surface area (Å²) in [6.07, 6.45) is 3.36. The second kappa shape index (κ2) is 11.8. The molecular weight excluding hydrogens is 478 g/mol. The van der Waals surface area contributed by atoms with E-state index < -0.39 is 6.10 Å². The van der Waals surface area contributed by atoms with Crippen molar-refractivity contribution in [3.05, 3.63) is 47.5 Å². The molecule has 5 rings (SSSR count). The van der Waals surface area contributed by atoms with Crippen LogP contribution in [0.1, 0.15) is 60.7 Å². The summed E-state index contributed by atoms with van der Waals surface area (Å²) in [5.74, 6) is 1.49. The molecule has 1 saturated carbocycles. The summed E-state index contributed by atoms with van der Waals surface area (Å²) >= 11 is 0. The fraction of sp³-hybridized carbons (Fsp3) is 0.613. The highest BCUT2D eigenvalue weighted by atomic mass is 16.5. The summed E-state index contributed by atoms with van der Waals surface area (Å²) < 4.78 is 6.27. The van der Waals surface area contributed by atoms with E-state index in [0.29, 0.717) is 55.1 Å². The molecule has 0 aromatic heterocycles. The zero-order chi connectivity index (χ0) is 26.8. The van der Waals surface area contributed by atoms with Crippen LogP contribution in [0.2, 0.25) is 0 Å². The molecule has 2 heterocycles. The maximum Gasteiger partial charge on any atom is 0.261 e. The second-order valence-corrected chi connectivity index (χ2v) is 12.0. The maximum atomic E-state index is 13.1. The predicted octanol–water partition coefficient (Wildman–Crippen LogP) is 3.89. The van der Waals surface area contributed by atoms with Crippen molar-refractivity contribution in [3.63, 3.8) is 0 Å². The van der Waals surface area contributed by atoms with E-state index in [1.807, 2.05) is 36.4 Å². The van der Waals surface area contributed by atoms with Crippen LogP contribution < -0.4 is 0 Å². The molecule has 0 spiro atoms. The van der Waals surface area contributed by atoms with Crippen LogP contribution in [0.25, 0.3) is 10.8 Å². The van der Waals surface area contributed by atoms with E-state index in [2.05, 4.69) is 30.6 Å². The summed E-state index contributed by atoms with van der Waals surface area (Å²) in [6, 6.07) is 11.3. The van der Waals surface area contributed by atoms with Crippen molar-refractivity contribution in [1.82, 2.24) is 14.7 Å². The standard InChI is InChI=1S/C31H43N3O4/c1-21(2)25-11-10-22(3)18-28(25)38-20-24(35)19-33-14-12-32(13-15-33)16-17-34-30(36)26-8-4-6-23-7-5-9-27(29(23)26)31(34)37/h4-9,21-22,24-25,28,35H,10-20H2,1-3H3. The number of hydrogen-bond donors (Lipinski definition) is 1. The van der Waals surface area contributed by atoms with E-state index in [4.69, 9.17) is 4.74 Å². The first kappa shape index (κ1) is 27.3. The highest BCUT2D eigenvalue weighted by molar-refractivity contribution is 6.25. The minimum Gasteiger partial charge on any atom is -0.389 e. The largest absolute Gasteiger partial charge is 0.389 e. The topological polar surface area (TPSA) is 73.3 Å². The Labute approximate surface area is 226 Å². The molecule has 38 heavy (non-hydrogen) atoms. The number of aliphatic hydroxyl groups is 1. The van der Waals surface area contributed by atoms with Gasteiger partial charge in [0.1, 0.15) is 0 Å². The number of β-amino-alcohol motifs (C(OH)–C–C–N with tert-alkyl or cyclic N) is 1. The number of ether oxygens (including phenoxy) is 1. The predicted molar refractivity (Wildman–Crippen MR) is 149 cm³/mol. The summed E-state index contributed by atoms with van der Waals surface area (Å²) in [6.45, 7) is 12.3. The number of carbonyl (C=O) groups excluding carboxylic acids is 2. The lowest BCUT2D eigenvalue weighted by Crippen LogP contribution is -2.52. The number of hydrogen-bond acceptors (Lipinski definition) is 6. The zero-order valence-electron chi connectivity index (χ0n) is 23.1. The number of imide groups is 1. The van der Waals surface area contributed by atoms with Gasteiger partial charge in [0.25, 0.3) is 11.8 Å². The molecule has 7 nitrogen and oxygen atoms in total. The number of amides is 2. The fourth-order valence-corrected chi connectivity index (χ4v) is 6.61. The van der Waals surface area contributed by atoms with Crippen molar-refractivity contribution in [2.75, 3.05) is 52.4 Å². The summed E-state index contributed by atoms with van der Waals surface area (Å²) in [4.78, 5) is 32.3. The van der Waals surface area contributed by atoms with E-state index in [-0.39, 0.29) is 17.9 Å². The van der Waals surface area contributed by atoms with E-state index in [0.717, 1.165) is 43.4 Å². The minimum absolute atomic E-state index is 0.201. The van der Waals surface area contributed by atoms with Crippen LogP contribution in [0.4, 0.5) is 0 Å². The van der Waals surface area contributed by atoms with E-state index >= 15 is 0 Å². The van der Waals surface area contributed by atoms with Gasteiger partial charge < -0.3 is 9.84 Å². The summed E-state index contributed by atoms with van der Waals surface area (Å²) in [7, 11) is 0. The molecule has 1 aliphatic carbocycles. The van der Waals surface area contributed by atoms with Crippen molar-refractivity contribution in [1.29, 1.82) is 0 Å². The number of rotatable bonds is 9. The SMILES string of the molecule is CC1CCC(C(C)C)C(OCC(O)CN2CCN(CCN3C(=O)c4cccc5cccc(c45)C3=O)CC2)C1. The molecule has 0 bridgehead atoms. The van der Waals surface area contributed by atoms with Crippen LogP contribution >= 0.6 is 0 Å². The van der Waals surface area contributed by atoms with E-state index in [9.17, 15) is 14.7 Å². The van der Waals surface area contributed by atoms with Gasteiger partial charge in [0, 0.05) is 62.3 Å². The molecule has 206 valence electrons. The number of benzene rings is 2. The third kappa shape index (κ3) is 5.81. The Balaban J connectivity index is 1.07. The molecule has 2 aliphatic heterocycles. The second-order valence-electron chi connectivity index (χ2n) is 12.0. The van der Waals surface area contributed by atoms with Gasteiger partial charge in [0.05, 0.1) is 18.8 Å². The third-order valence-corrected chi connectivity index (χ3v) is 8.89. The van der Waals surface area contributed by atoms with Gasteiger partial charge in [-0.15, -0.1) is 0 Å². The summed E-state index contributed by atoms with van der Waals surface area (Å²) in [5, 5.41) is 12.4. The van der Waals surface area contributed by atoms with Crippen molar-refractivity contribution < 1.29 is 19.4 Å². The van der Waals surface area contributed by atoms with Gasteiger partial charge in [-0.3, -0.25) is 24.3 Å². The molecule has 1 N–H and O–H groups in total. The van der Waals surface area contributed by atoms with Gasteiger partial charge in [-0.1, -0.05) is 51.5 Å². The molecule has 4 atom stereocenters. The zero-order valence-corrected chi connectivity index (χ0v) is 23.1. The van der Waals surface area contributed by atoms with E-state index in [1.54, 1.807) is 0 Å². The van der Waals surface area contributed by atoms with Crippen LogP contribution in [0.15, 0.2) is 36.4 Å². The molecule has 1 saturated heterocycles. The van der Waals surface area contributed by atoms with Crippen molar-refractivity contribution in [2.24, 2.45) is 17.8 Å². The molecule has 3 aliphatic rings. The number of nitrogens with zero attached hydrogens (tertiary/aromatic N) is 3. The molecule has 2 aromatic rings. The molecule has 7 heteroatoms. The molecule has 0 radical (unpaired) electrons. The van der Waals surface area contributed by atoms with Gasteiger partial charge in [-0.05, 0) is 48.1 Å². The Morgan fingerprint density at radius 3 is 2.18 bits per heavy atom. The van der Waals surface area contributed by atoms with Crippen molar-refractivity contribution in [2.45, 2.75) is 52.2 Å². The number of carbonyl (C=O) groups is 2. The van der Waals surface area contributed by atoms with Crippen LogP contribution in [-0.2, 0) is 4.74 Å². The third-order valence-electron chi connectivity index (χ3n) is 8.89. The van der Waals surface area contributed by atoms with Crippen molar-refractivity contribution in [3.8, 4) is 0 Å². The van der Waals surface area contributed by atoms with Gasteiger partial charge in [-0.25, -0.2) is 0 Å². The Kier molecular flexibility index (Phi) is 8.48. The number of piperazine rings is 1. The first-order valence-electron chi connectivity index (χ1n) is 14.4. The monoisotopic (exact) mass is 521 g/mol. The Bertz CT molecular complexity index is 1090. The lowest BCUT2D eigenvalue weighted by Gasteiger charge is -2.38. The highest BCUT2D eigenvalue weighted by Crippen LogP contribution is 2.35. The maximum absolute atomic E-state index is 13.1. The van der Waals surface area contributed by atoms with Gasteiger partial charge in [-0.2, -0.15) is 0 Å². The average molecular weight is 522 g/mol. The Hall–Kier alpha value is -2.32. The number of aliphatic hydroxyl groups excluding tert-OH is 1. The quantitative estimate of drug-likeness (QED) is 0.505. The van der Waals surface area contributed by atoms with Crippen LogP contribution in [0.3, 0.4) is 0 Å². The van der Waals surface area contributed by atoms with E-state index in [1.165, 1.54) is 17.7 Å². The smallest absolute Gasteiger partial charge is 0.261 e. The van der Waals surface area contributed by atoms with Gasteiger partial charge in [0.2, 0.25) is 0 Å². The average Bonchev–Trinajstić information content (AvgIpc) is 2.91. The normalized spacial score (nSPS) is 25.9. The first-order chi connectivity index (χ1) is 18.3. The van der Waals surface area contributed by atoms with Crippen LogP contribution in [0.5, 0.6) is 0 Å². The van der Waals surface area contributed by atoms with Crippen molar-refractivity contribution >= 4 is 22.6 Å². The first-order valence-corrected chi connectivity index (χ1v) is 14.4. The Morgan fingerprint density at radius 2 is 1.55 bits per heavy atom. The lowest BCUT2D eigenvalue weighted by molar-refractivity contribution is -0.0754. The van der Waals surface area contributed by atoms with Gasteiger partial charge >= 0.3 is 0 Å². The minimum atomic E-state index is -0.488. The fourth-order valence-electron chi connectivity index (χ4n) is 6.61. The molecule has 2 amide bonds.